The Bertz CT molecular complexity index is 718. The Morgan fingerprint density at radius 3 is 2.60 bits per heavy atom. The van der Waals surface area contributed by atoms with Crippen LogP contribution in [0.5, 0.6) is 5.88 Å². The molecule has 0 aliphatic carbocycles. The Hall–Kier alpha value is -2.09. The van der Waals surface area contributed by atoms with Crippen molar-refractivity contribution in [2.45, 2.75) is 18.9 Å². The SMILES string of the molecule is COc1ncc(C)cc1NS(=O)(=O)c1cn(C)c(C)n1. The van der Waals surface area contributed by atoms with E-state index in [1.807, 2.05) is 6.92 Å². The van der Waals surface area contributed by atoms with Crippen molar-refractivity contribution in [2.75, 3.05) is 11.8 Å². The van der Waals surface area contributed by atoms with Gasteiger partial charge >= 0.3 is 0 Å². The van der Waals surface area contributed by atoms with E-state index in [2.05, 4.69) is 14.7 Å². The van der Waals surface area contributed by atoms with Crippen molar-refractivity contribution in [3.8, 4) is 5.88 Å². The maximum absolute atomic E-state index is 12.3. The number of sulfonamides is 1. The number of aryl methyl sites for hydroxylation is 3. The van der Waals surface area contributed by atoms with E-state index in [0.717, 1.165) is 5.56 Å². The quantitative estimate of drug-likeness (QED) is 0.917. The van der Waals surface area contributed by atoms with Crippen LogP contribution in [0.1, 0.15) is 11.4 Å². The van der Waals surface area contributed by atoms with Crippen LogP contribution in [0.2, 0.25) is 0 Å². The highest BCUT2D eigenvalue weighted by Crippen LogP contribution is 2.24. The number of nitrogens with zero attached hydrogens (tertiary/aromatic N) is 3. The molecule has 0 fully saturated rings. The monoisotopic (exact) mass is 296 g/mol. The molecule has 0 spiro atoms. The Kier molecular flexibility index (Phi) is 3.67. The lowest BCUT2D eigenvalue weighted by Crippen LogP contribution is -2.14. The zero-order chi connectivity index (χ0) is 14.9. The zero-order valence-corrected chi connectivity index (χ0v) is 12.5. The highest BCUT2D eigenvalue weighted by Gasteiger charge is 2.20. The molecule has 2 aromatic rings. The number of hydrogen-bond donors (Lipinski definition) is 1. The van der Waals surface area contributed by atoms with Gasteiger partial charge in [0.25, 0.3) is 10.0 Å². The van der Waals surface area contributed by atoms with E-state index in [-0.39, 0.29) is 16.6 Å². The number of methoxy groups -OCH3 is 1. The van der Waals surface area contributed by atoms with Gasteiger partial charge in [-0.2, -0.15) is 8.42 Å². The van der Waals surface area contributed by atoms with Crippen molar-refractivity contribution in [2.24, 2.45) is 7.05 Å². The van der Waals surface area contributed by atoms with E-state index >= 15 is 0 Å². The summed E-state index contributed by atoms with van der Waals surface area (Å²) in [7, 11) is -0.603. The van der Waals surface area contributed by atoms with Crippen LogP contribution in [0.3, 0.4) is 0 Å². The van der Waals surface area contributed by atoms with Crippen LogP contribution in [0.4, 0.5) is 5.69 Å². The normalized spacial score (nSPS) is 11.4. The molecule has 0 radical (unpaired) electrons. The highest BCUT2D eigenvalue weighted by atomic mass is 32.2. The fourth-order valence-electron chi connectivity index (χ4n) is 1.65. The van der Waals surface area contributed by atoms with Gasteiger partial charge in [0.2, 0.25) is 5.88 Å². The van der Waals surface area contributed by atoms with Gasteiger partial charge in [-0.15, -0.1) is 0 Å². The van der Waals surface area contributed by atoms with E-state index in [4.69, 9.17) is 4.74 Å². The van der Waals surface area contributed by atoms with Crippen molar-refractivity contribution >= 4 is 15.7 Å². The van der Waals surface area contributed by atoms with Gasteiger partial charge in [0.1, 0.15) is 11.5 Å². The molecule has 8 heteroatoms. The van der Waals surface area contributed by atoms with E-state index in [0.29, 0.717) is 5.82 Å². The number of pyridine rings is 1. The number of nitrogens with one attached hydrogen (secondary N) is 1. The third kappa shape index (κ3) is 2.74. The molecule has 0 saturated carbocycles. The molecule has 2 heterocycles. The van der Waals surface area contributed by atoms with Gasteiger partial charge < -0.3 is 9.30 Å². The Labute approximate surface area is 117 Å². The molecule has 1 N–H and O–H groups in total. The standard InChI is InChI=1S/C12H16N4O3S/c1-8-5-10(12(19-4)13-6-8)15-20(17,18)11-7-16(3)9(2)14-11/h5-7,15H,1-4H3. The molecule has 0 aliphatic heterocycles. The van der Waals surface area contributed by atoms with Gasteiger partial charge in [-0.25, -0.2) is 9.97 Å². The predicted molar refractivity (Wildman–Crippen MR) is 74.3 cm³/mol. The number of ether oxygens (including phenoxy) is 1. The highest BCUT2D eigenvalue weighted by molar-refractivity contribution is 7.92. The minimum atomic E-state index is -3.77. The topological polar surface area (TPSA) is 86.1 Å². The second-order valence-electron chi connectivity index (χ2n) is 4.41. The summed E-state index contributed by atoms with van der Waals surface area (Å²) in [5, 5.41) is -0.0407. The van der Waals surface area contributed by atoms with E-state index in [1.54, 1.807) is 30.8 Å². The average molecular weight is 296 g/mol. The van der Waals surface area contributed by atoms with Crippen LogP contribution in [-0.4, -0.2) is 30.1 Å². The maximum Gasteiger partial charge on any atom is 0.281 e. The smallest absolute Gasteiger partial charge is 0.281 e. The van der Waals surface area contributed by atoms with Gasteiger partial charge in [-0.1, -0.05) is 0 Å². The number of imidazole rings is 1. The van der Waals surface area contributed by atoms with Crippen LogP contribution in [0, 0.1) is 13.8 Å². The molecular formula is C12H16N4O3S. The van der Waals surface area contributed by atoms with Crippen molar-refractivity contribution in [1.82, 2.24) is 14.5 Å². The van der Waals surface area contributed by atoms with Crippen LogP contribution >= 0.6 is 0 Å². The molecule has 0 aliphatic rings. The molecule has 20 heavy (non-hydrogen) atoms. The molecule has 0 bridgehead atoms. The van der Waals surface area contributed by atoms with Gasteiger partial charge in [-0.05, 0) is 25.5 Å². The lowest BCUT2D eigenvalue weighted by molar-refractivity contribution is 0.400. The third-order valence-electron chi connectivity index (χ3n) is 2.79. The number of anilines is 1. The first-order valence-electron chi connectivity index (χ1n) is 5.87. The lowest BCUT2D eigenvalue weighted by Gasteiger charge is -2.10. The molecule has 0 amide bonds. The van der Waals surface area contributed by atoms with Gasteiger partial charge in [0.15, 0.2) is 5.03 Å². The van der Waals surface area contributed by atoms with Crippen LogP contribution in [0.25, 0.3) is 0 Å². The third-order valence-corrected chi connectivity index (χ3v) is 4.02. The summed E-state index contributed by atoms with van der Waals surface area (Å²) in [5.74, 6) is 0.825. The summed E-state index contributed by atoms with van der Waals surface area (Å²) < 4.78 is 33.7. The summed E-state index contributed by atoms with van der Waals surface area (Å²) in [6.07, 6.45) is 3.05. The fraction of sp³-hybridized carbons (Fsp3) is 0.333. The summed E-state index contributed by atoms with van der Waals surface area (Å²) in [6.45, 7) is 3.54. The summed E-state index contributed by atoms with van der Waals surface area (Å²) in [6, 6.07) is 1.65. The second kappa shape index (κ2) is 5.12. The Morgan fingerprint density at radius 2 is 2.05 bits per heavy atom. The van der Waals surface area contributed by atoms with Crippen molar-refractivity contribution in [1.29, 1.82) is 0 Å². The summed E-state index contributed by atoms with van der Waals surface area (Å²) >= 11 is 0. The van der Waals surface area contributed by atoms with E-state index < -0.39 is 10.0 Å². The molecule has 7 nitrogen and oxygen atoms in total. The van der Waals surface area contributed by atoms with Crippen molar-refractivity contribution < 1.29 is 13.2 Å². The molecule has 0 unspecified atom stereocenters. The lowest BCUT2D eigenvalue weighted by atomic mass is 10.3. The summed E-state index contributed by atoms with van der Waals surface area (Å²) in [5.41, 5.74) is 1.11. The molecule has 0 saturated heterocycles. The van der Waals surface area contributed by atoms with Crippen molar-refractivity contribution in [3.63, 3.8) is 0 Å². The molecule has 2 rings (SSSR count). The molecule has 108 valence electrons. The van der Waals surface area contributed by atoms with E-state index in [1.165, 1.54) is 13.3 Å². The summed E-state index contributed by atoms with van der Waals surface area (Å²) in [4.78, 5) is 8.03. The Balaban J connectivity index is 2.40. The number of aromatic nitrogens is 3. The van der Waals surface area contributed by atoms with Gasteiger partial charge in [0.05, 0.1) is 7.11 Å². The van der Waals surface area contributed by atoms with Crippen LogP contribution in [-0.2, 0) is 17.1 Å². The molecule has 0 atom stereocenters. The van der Waals surface area contributed by atoms with Crippen LogP contribution in [0.15, 0.2) is 23.5 Å². The van der Waals surface area contributed by atoms with Gasteiger partial charge in [-0.3, -0.25) is 4.72 Å². The van der Waals surface area contributed by atoms with Crippen LogP contribution < -0.4 is 9.46 Å². The maximum atomic E-state index is 12.3. The first-order chi connectivity index (χ1) is 9.33. The Morgan fingerprint density at radius 1 is 1.35 bits per heavy atom. The molecular weight excluding hydrogens is 280 g/mol. The minimum Gasteiger partial charge on any atom is -0.480 e. The predicted octanol–water partition coefficient (Wildman–Crippen LogP) is 1.24. The molecule has 2 aromatic heterocycles. The first-order valence-corrected chi connectivity index (χ1v) is 7.35. The molecule has 0 aromatic carbocycles. The first kappa shape index (κ1) is 14.3. The fourth-order valence-corrected chi connectivity index (χ4v) is 2.73. The van der Waals surface area contributed by atoms with E-state index in [9.17, 15) is 8.42 Å². The van der Waals surface area contributed by atoms with Gasteiger partial charge in [0, 0.05) is 19.4 Å². The zero-order valence-electron chi connectivity index (χ0n) is 11.7. The minimum absolute atomic E-state index is 0.0407. The average Bonchev–Trinajstić information content (AvgIpc) is 2.70. The second-order valence-corrected chi connectivity index (χ2v) is 6.04. The largest absolute Gasteiger partial charge is 0.480 e. The van der Waals surface area contributed by atoms with Crippen molar-refractivity contribution in [3.05, 3.63) is 29.8 Å². The number of rotatable bonds is 4. The number of hydrogen-bond acceptors (Lipinski definition) is 5.